The fourth-order valence-electron chi connectivity index (χ4n) is 2.68. The quantitative estimate of drug-likeness (QED) is 0.186. The minimum Gasteiger partial charge on any atom is -0.298 e. The van der Waals surface area contributed by atoms with E-state index in [9.17, 15) is 14.9 Å². The predicted octanol–water partition coefficient (Wildman–Crippen LogP) is 4.32. The van der Waals surface area contributed by atoms with Gasteiger partial charge in [-0.3, -0.25) is 19.5 Å². The molecule has 3 aromatic rings. The third-order valence-corrected chi connectivity index (χ3v) is 5.09. The van der Waals surface area contributed by atoms with Gasteiger partial charge in [0.25, 0.3) is 5.69 Å². The first-order valence-corrected chi connectivity index (χ1v) is 9.50. The summed E-state index contributed by atoms with van der Waals surface area (Å²) in [4.78, 5) is 23.1. The molecule has 0 saturated heterocycles. The highest BCUT2D eigenvalue weighted by atomic mass is 32.2. The van der Waals surface area contributed by atoms with Crippen LogP contribution in [0, 0.1) is 17.0 Å². The molecule has 0 unspecified atom stereocenters. The van der Waals surface area contributed by atoms with Crippen LogP contribution in [0.4, 0.5) is 5.69 Å². The Labute approximate surface area is 166 Å². The van der Waals surface area contributed by atoms with Crippen molar-refractivity contribution < 1.29 is 9.72 Å². The summed E-state index contributed by atoms with van der Waals surface area (Å²) in [5.74, 6) is 0.591. The number of rotatable bonds is 8. The number of aryl methyl sites for hydroxylation is 1. The molecule has 142 valence electrons. The number of hydrogen-bond donors (Lipinski definition) is 0. The van der Waals surface area contributed by atoms with E-state index in [0.29, 0.717) is 28.7 Å². The number of nitro groups is 1. The molecule has 0 amide bonds. The van der Waals surface area contributed by atoms with Crippen LogP contribution in [0.3, 0.4) is 0 Å². The molecule has 0 aliphatic carbocycles. The van der Waals surface area contributed by atoms with Crippen LogP contribution in [-0.2, 0) is 6.54 Å². The molecule has 1 heterocycles. The van der Waals surface area contributed by atoms with E-state index in [2.05, 4.69) is 16.8 Å². The van der Waals surface area contributed by atoms with Crippen LogP contribution in [0.2, 0.25) is 0 Å². The molecule has 0 fully saturated rings. The summed E-state index contributed by atoms with van der Waals surface area (Å²) in [7, 11) is 0. The molecule has 8 heteroatoms. The minimum atomic E-state index is -0.480. The Morgan fingerprint density at radius 3 is 2.68 bits per heavy atom. The van der Waals surface area contributed by atoms with Gasteiger partial charge in [0, 0.05) is 29.3 Å². The number of allylic oxidation sites excluding steroid dienone is 1. The Kier molecular flexibility index (Phi) is 6.00. The maximum Gasteiger partial charge on any atom is 0.273 e. The van der Waals surface area contributed by atoms with Crippen LogP contribution in [0.1, 0.15) is 15.9 Å². The third-order valence-electron chi connectivity index (χ3n) is 4.12. The van der Waals surface area contributed by atoms with Crippen molar-refractivity contribution in [1.82, 2.24) is 14.8 Å². The van der Waals surface area contributed by atoms with Crippen LogP contribution in [0.5, 0.6) is 0 Å². The standard InChI is InChI=1S/C20H18N4O3S/c1-3-11-23-19(15-7-5-4-6-8-15)21-22-20(23)28-13-18(25)16-10-9-14(2)17(12-16)24(26)27/h3-10,12H,1,11,13H2,2H3. The molecule has 7 nitrogen and oxygen atoms in total. The topological polar surface area (TPSA) is 90.9 Å². The smallest absolute Gasteiger partial charge is 0.273 e. The molecular weight excluding hydrogens is 376 g/mol. The van der Waals surface area contributed by atoms with Gasteiger partial charge in [0.15, 0.2) is 16.8 Å². The molecule has 0 bridgehead atoms. The van der Waals surface area contributed by atoms with E-state index in [1.807, 2.05) is 34.9 Å². The fraction of sp³-hybridized carbons (Fsp3) is 0.150. The van der Waals surface area contributed by atoms with Gasteiger partial charge >= 0.3 is 0 Å². The minimum absolute atomic E-state index is 0.0583. The van der Waals surface area contributed by atoms with Crippen LogP contribution < -0.4 is 0 Å². The lowest BCUT2D eigenvalue weighted by atomic mass is 10.1. The van der Waals surface area contributed by atoms with Gasteiger partial charge in [-0.15, -0.1) is 16.8 Å². The molecule has 0 spiro atoms. The molecule has 0 aliphatic heterocycles. The first-order valence-electron chi connectivity index (χ1n) is 8.52. The summed E-state index contributed by atoms with van der Waals surface area (Å²) >= 11 is 1.25. The van der Waals surface area contributed by atoms with E-state index in [4.69, 9.17) is 0 Å². The average Bonchev–Trinajstić information content (AvgIpc) is 3.10. The number of Topliss-reactive ketones (excluding diaryl/α,β-unsaturated/α-hetero) is 1. The molecule has 0 aliphatic rings. The molecule has 1 aromatic heterocycles. The molecule has 0 atom stereocenters. The summed E-state index contributed by atoms with van der Waals surface area (Å²) in [5, 5.41) is 20.1. The summed E-state index contributed by atoms with van der Waals surface area (Å²) in [5.41, 5.74) is 1.69. The normalized spacial score (nSPS) is 10.6. The van der Waals surface area contributed by atoms with Gasteiger partial charge in [0.1, 0.15) is 0 Å². The predicted molar refractivity (Wildman–Crippen MR) is 109 cm³/mol. The lowest BCUT2D eigenvalue weighted by molar-refractivity contribution is -0.385. The number of ketones is 1. The average molecular weight is 394 g/mol. The number of benzene rings is 2. The zero-order valence-corrected chi connectivity index (χ0v) is 16.1. The highest BCUT2D eigenvalue weighted by Crippen LogP contribution is 2.25. The van der Waals surface area contributed by atoms with Crippen molar-refractivity contribution in [2.45, 2.75) is 18.6 Å². The van der Waals surface area contributed by atoms with Gasteiger partial charge in [-0.1, -0.05) is 60.3 Å². The second-order valence-electron chi connectivity index (χ2n) is 6.04. The lowest BCUT2D eigenvalue weighted by Gasteiger charge is -2.07. The Hall–Kier alpha value is -3.26. The summed E-state index contributed by atoms with van der Waals surface area (Å²) in [6.07, 6.45) is 1.74. The number of hydrogen-bond acceptors (Lipinski definition) is 6. The Morgan fingerprint density at radius 1 is 1.25 bits per heavy atom. The number of carbonyl (C=O) groups is 1. The number of nitro benzene ring substituents is 1. The highest BCUT2D eigenvalue weighted by molar-refractivity contribution is 7.99. The summed E-state index contributed by atoms with van der Waals surface area (Å²) < 4.78 is 1.89. The fourth-order valence-corrected chi connectivity index (χ4v) is 3.53. The molecule has 0 saturated carbocycles. The molecule has 0 N–H and O–H groups in total. The van der Waals surface area contributed by atoms with Crippen molar-refractivity contribution in [3.05, 3.63) is 82.4 Å². The van der Waals surface area contributed by atoms with E-state index in [-0.39, 0.29) is 17.2 Å². The van der Waals surface area contributed by atoms with Crippen molar-refractivity contribution in [3.63, 3.8) is 0 Å². The highest BCUT2D eigenvalue weighted by Gasteiger charge is 2.18. The Bertz CT molecular complexity index is 1030. The van der Waals surface area contributed by atoms with Crippen molar-refractivity contribution >= 4 is 23.2 Å². The van der Waals surface area contributed by atoms with Gasteiger partial charge in [0.05, 0.1) is 10.7 Å². The van der Waals surface area contributed by atoms with E-state index < -0.39 is 4.92 Å². The molecule has 2 aromatic carbocycles. The second-order valence-corrected chi connectivity index (χ2v) is 6.98. The maximum atomic E-state index is 12.5. The van der Waals surface area contributed by atoms with Gasteiger partial charge in [-0.2, -0.15) is 0 Å². The van der Waals surface area contributed by atoms with Crippen molar-refractivity contribution in [3.8, 4) is 11.4 Å². The zero-order chi connectivity index (χ0) is 20.1. The van der Waals surface area contributed by atoms with Gasteiger partial charge in [-0.25, -0.2) is 0 Å². The van der Waals surface area contributed by atoms with Gasteiger partial charge in [0.2, 0.25) is 0 Å². The van der Waals surface area contributed by atoms with Crippen LogP contribution in [0.25, 0.3) is 11.4 Å². The first kappa shape index (κ1) is 19.5. The zero-order valence-electron chi connectivity index (χ0n) is 15.2. The third kappa shape index (κ3) is 4.17. The molecule has 0 radical (unpaired) electrons. The number of thioether (sulfide) groups is 1. The van der Waals surface area contributed by atoms with Gasteiger partial charge in [-0.05, 0) is 6.92 Å². The van der Waals surface area contributed by atoms with Crippen molar-refractivity contribution in [2.75, 3.05) is 5.75 Å². The SMILES string of the molecule is C=CCn1c(SCC(=O)c2ccc(C)c([N+](=O)[O-])c2)nnc1-c1ccccc1. The first-order chi connectivity index (χ1) is 13.5. The lowest BCUT2D eigenvalue weighted by Crippen LogP contribution is -2.06. The van der Waals surface area contributed by atoms with Crippen molar-refractivity contribution in [1.29, 1.82) is 0 Å². The summed E-state index contributed by atoms with van der Waals surface area (Å²) in [6.45, 7) is 5.92. The monoisotopic (exact) mass is 394 g/mol. The van der Waals surface area contributed by atoms with E-state index in [1.54, 1.807) is 25.1 Å². The number of aromatic nitrogens is 3. The largest absolute Gasteiger partial charge is 0.298 e. The van der Waals surface area contributed by atoms with Crippen LogP contribution in [0.15, 0.2) is 66.3 Å². The number of nitrogens with zero attached hydrogens (tertiary/aromatic N) is 4. The molecule has 3 rings (SSSR count). The Morgan fingerprint density at radius 2 is 2.00 bits per heavy atom. The van der Waals surface area contributed by atoms with Crippen LogP contribution >= 0.6 is 11.8 Å². The second kappa shape index (κ2) is 8.62. The van der Waals surface area contributed by atoms with E-state index >= 15 is 0 Å². The summed E-state index contributed by atoms with van der Waals surface area (Å²) in [6, 6.07) is 14.2. The van der Waals surface area contributed by atoms with Crippen LogP contribution in [-0.4, -0.2) is 31.2 Å². The maximum absolute atomic E-state index is 12.5. The molecular formula is C20H18N4O3S. The van der Waals surface area contributed by atoms with E-state index in [1.165, 1.54) is 17.8 Å². The van der Waals surface area contributed by atoms with E-state index in [0.717, 1.165) is 5.56 Å². The number of carbonyl (C=O) groups excluding carboxylic acids is 1. The molecule has 28 heavy (non-hydrogen) atoms. The Balaban J connectivity index is 1.80. The van der Waals surface area contributed by atoms with Crippen molar-refractivity contribution in [2.24, 2.45) is 0 Å². The van der Waals surface area contributed by atoms with Gasteiger partial charge < -0.3 is 0 Å².